The van der Waals surface area contributed by atoms with Gasteiger partial charge in [0.05, 0.1) is 5.69 Å². The van der Waals surface area contributed by atoms with Crippen LogP contribution in [0.1, 0.15) is 57.3 Å². The van der Waals surface area contributed by atoms with Gasteiger partial charge in [-0.05, 0) is 57.1 Å². The number of nitrogens with zero attached hydrogens (tertiary/aromatic N) is 2. The molecule has 2 N–H and O–H groups in total. The predicted molar refractivity (Wildman–Crippen MR) is 80.1 cm³/mol. The minimum atomic E-state index is 0.716. The molecule has 0 radical (unpaired) electrons. The summed E-state index contributed by atoms with van der Waals surface area (Å²) < 4.78 is 2.19. The van der Waals surface area contributed by atoms with E-state index in [9.17, 15) is 0 Å². The van der Waals surface area contributed by atoms with Crippen LogP contribution in [0.4, 0.5) is 0 Å². The second-order valence-electron chi connectivity index (χ2n) is 5.89. The van der Waals surface area contributed by atoms with Crippen LogP contribution in [0.2, 0.25) is 0 Å². The van der Waals surface area contributed by atoms with Crippen LogP contribution in [-0.4, -0.2) is 16.3 Å². The Labute approximate surface area is 117 Å². The van der Waals surface area contributed by atoms with Crippen molar-refractivity contribution in [2.24, 2.45) is 17.6 Å². The van der Waals surface area contributed by atoms with Crippen molar-refractivity contribution in [2.75, 3.05) is 6.54 Å². The summed E-state index contributed by atoms with van der Waals surface area (Å²) in [6, 6.07) is 2.31. The first-order chi connectivity index (χ1) is 9.28. The van der Waals surface area contributed by atoms with E-state index in [1.54, 1.807) is 0 Å². The molecule has 0 spiro atoms. The molecule has 19 heavy (non-hydrogen) atoms. The van der Waals surface area contributed by atoms with Gasteiger partial charge in [0.1, 0.15) is 0 Å². The van der Waals surface area contributed by atoms with E-state index in [4.69, 9.17) is 5.73 Å². The lowest BCUT2D eigenvalue weighted by atomic mass is 9.84. The topological polar surface area (TPSA) is 43.8 Å². The van der Waals surface area contributed by atoms with Crippen LogP contribution in [-0.2, 0) is 19.4 Å². The molecule has 108 valence electrons. The van der Waals surface area contributed by atoms with Gasteiger partial charge in [0.2, 0.25) is 0 Å². The average molecular weight is 263 g/mol. The zero-order valence-electron chi connectivity index (χ0n) is 12.6. The van der Waals surface area contributed by atoms with Crippen LogP contribution in [0.15, 0.2) is 6.07 Å². The molecule has 2 atom stereocenters. The summed E-state index contributed by atoms with van der Waals surface area (Å²) in [5, 5.41) is 4.67. The van der Waals surface area contributed by atoms with E-state index in [1.165, 1.54) is 49.9 Å². The van der Waals surface area contributed by atoms with Gasteiger partial charge in [-0.15, -0.1) is 0 Å². The molecule has 2 rings (SSSR count). The molecular formula is C16H29N3. The summed E-state index contributed by atoms with van der Waals surface area (Å²) in [7, 11) is 0. The highest BCUT2D eigenvalue weighted by molar-refractivity contribution is 5.11. The molecule has 0 saturated heterocycles. The Morgan fingerprint density at radius 1 is 1.21 bits per heavy atom. The van der Waals surface area contributed by atoms with Gasteiger partial charge in [-0.25, -0.2) is 0 Å². The van der Waals surface area contributed by atoms with Crippen molar-refractivity contribution in [3.8, 4) is 0 Å². The van der Waals surface area contributed by atoms with Crippen molar-refractivity contribution in [2.45, 2.75) is 65.3 Å². The molecule has 1 aromatic heterocycles. The van der Waals surface area contributed by atoms with Crippen molar-refractivity contribution < 1.29 is 0 Å². The smallest absolute Gasteiger partial charge is 0.0624 e. The van der Waals surface area contributed by atoms with Gasteiger partial charge < -0.3 is 5.73 Å². The van der Waals surface area contributed by atoms with Crippen molar-refractivity contribution in [3.63, 3.8) is 0 Å². The molecular weight excluding hydrogens is 234 g/mol. The average Bonchev–Trinajstić information content (AvgIpc) is 2.69. The standard InChI is InChI=1S/C16H29N3/c1-3-15-11-16(19(4-2)18-15)10-13-8-6-5-7-9-14(13)12-17/h11,13-14H,3-10,12,17H2,1-2H3. The molecule has 1 aromatic rings. The first-order valence-corrected chi connectivity index (χ1v) is 8.04. The Kier molecular flexibility index (Phi) is 5.44. The zero-order valence-corrected chi connectivity index (χ0v) is 12.6. The molecule has 1 aliphatic carbocycles. The van der Waals surface area contributed by atoms with Gasteiger partial charge in [0.25, 0.3) is 0 Å². The van der Waals surface area contributed by atoms with Crippen molar-refractivity contribution in [3.05, 3.63) is 17.5 Å². The highest BCUT2D eigenvalue weighted by atomic mass is 15.3. The van der Waals surface area contributed by atoms with Crippen LogP contribution in [0, 0.1) is 11.8 Å². The maximum absolute atomic E-state index is 6.00. The van der Waals surface area contributed by atoms with Gasteiger partial charge in [0, 0.05) is 12.2 Å². The van der Waals surface area contributed by atoms with Gasteiger partial charge in [-0.2, -0.15) is 5.10 Å². The molecule has 3 heteroatoms. The summed E-state index contributed by atoms with van der Waals surface area (Å²) in [6.45, 7) is 6.20. The Balaban J connectivity index is 2.11. The number of nitrogens with two attached hydrogens (primary N) is 1. The molecule has 1 heterocycles. The number of aryl methyl sites for hydroxylation is 2. The van der Waals surface area contributed by atoms with E-state index >= 15 is 0 Å². The van der Waals surface area contributed by atoms with Gasteiger partial charge in [-0.1, -0.05) is 26.2 Å². The number of rotatable bonds is 5. The third kappa shape index (κ3) is 3.59. The Morgan fingerprint density at radius 2 is 1.95 bits per heavy atom. The fourth-order valence-electron chi connectivity index (χ4n) is 3.43. The van der Waals surface area contributed by atoms with Crippen LogP contribution in [0.3, 0.4) is 0 Å². The van der Waals surface area contributed by atoms with Crippen LogP contribution in [0.5, 0.6) is 0 Å². The van der Waals surface area contributed by atoms with Gasteiger partial charge >= 0.3 is 0 Å². The second kappa shape index (κ2) is 7.09. The minimum absolute atomic E-state index is 0.716. The fraction of sp³-hybridized carbons (Fsp3) is 0.812. The van der Waals surface area contributed by atoms with Crippen molar-refractivity contribution in [1.29, 1.82) is 0 Å². The largest absolute Gasteiger partial charge is 0.330 e. The molecule has 1 aliphatic rings. The van der Waals surface area contributed by atoms with E-state index in [1.807, 2.05) is 0 Å². The van der Waals surface area contributed by atoms with Crippen molar-refractivity contribution in [1.82, 2.24) is 9.78 Å². The minimum Gasteiger partial charge on any atom is -0.330 e. The molecule has 0 aromatic carbocycles. The molecule has 1 saturated carbocycles. The lowest BCUT2D eigenvalue weighted by Crippen LogP contribution is -2.25. The summed E-state index contributed by atoms with van der Waals surface area (Å²) >= 11 is 0. The van der Waals surface area contributed by atoms with Gasteiger partial charge in [0.15, 0.2) is 0 Å². The molecule has 3 nitrogen and oxygen atoms in total. The zero-order chi connectivity index (χ0) is 13.7. The highest BCUT2D eigenvalue weighted by Crippen LogP contribution is 2.31. The Hall–Kier alpha value is -0.830. The molecule has 2 unspecified atom stereocenters. The Bertz CT molecular complexity index is 383. The van der Waals surface area contributed by atoms with E-state index in [0.717, 1.165) is 25.4 Å². The lowest BCUT2D eigenvalue weighted by molar-refractivity contribution is 0.311. The third-order valence-corrected chi connectivity index (χ3v) is 4.67. The normalized spacial score (nSPS) is 24.4. The third-order valence-electron chi connectivity index (χ3n) is 4.67. The molecule has 0 bridgehead atoms. The predicted octanol–water partition coefficient (Wildman–Crippen LogP) is 3.16. The van der Waals surface area contributed by atoms with E-state index in [2.05, 4.69) is 29.7 Å². The fourth-order valence-corrected chi connectivity index (χ4v) is 3.43. The molecule has 0 amide bonds. The van der Waals surface area contributed by atoms with E-state index in [0.29, 0.717) is 5.92 Å². The van der Waals surface area contributed by atoms with Crippen LogP contribution in [0.25, 0.3) is 0 Å². The SMILES string of the molecule is CCc1cc(CC2CCCCCC2CN)n(CC)n1. The van der Waals surface area contributed by atoms with Gasteiger partial charge in [-0.3, -0.25) is 4.68 Å². The van der Waals surface area contributed by atoms with Crippen molar-refractivity contribution >= 4 is 0 Å². The summed E-state index contributed by atoms with van der Waals surface area (Å²) in [5.41, 5.74) is 8.65. The summed E-state index contributed by atoms with van der Waals surface area (Å²) in [5.74, 6) is 1.48. The quantitative estimate of drug-likeness (QED) is 0.829. The first-order valence-electron chi connectivity index (χ1n) is 8.04. The van der Waals surface area contributed by atoms with E-state index < -0.39 is 0 Å². The summed E-state index contributed by atoms with van der Waals surface area (Å²) in [6.07, 6.45) is 9.00. The second-order valence-corrected chi connectivity index (χ2v) is 5.89. The van der Waals surface area contributed by atoms with E-state index in [-0.39, 0.29) is 0 Å². The number of aromatic nitrogens is 2. The molecule has 1 fully saturated rings. The monoisotopic (exact) mass is 263 g/mol. The number of hydrogen-bond donors (Lipinski definition) is 1. The Morgan fingerprint density at radius 3 is 2.58 bits per heavy atom. The van der Waals surface area contributed by atoms with Crippen LogP contribution >= 0.6 is 0 Å². The maximum atomic E-state index is 6.00. The maximum Gasteiger partial charge on any atom is 0.0624 e. The van der Waals surface area contributed by atoms with Crippen LogP contribution < -0.4 is 5.73 Å². The molecule has 0 aliphatic heterocycles. The summed E-state index contributed by atoms with van der Waals surface area (Å²) in [4.78, 5) is 0. The lowest BCUT2D eigenvalue weighted by Gasteiger charge is -2.23. The highest BCUT2D eigenvalue weighted by Gasteiger charge is 2.24. The number of hydrogen-bond acceptors (Lipinski definition) is 2. The first kappa shape index (κ1) is 14.6.